The monoisotopic (exact) mass is 187 g/mol. The second-order valence-electron chi connectivity index (χ2n) is 3.83. The Morgan fingerprint density at radius 3 is 2.85 bits per heavy atom. The van der Waals surface area contributed by atoms with Crippen LogP contribution in [0.1, 0.15) is 33.1 Å². The zero-order valence-corrected chi connectivity index (χ0v) is 8.62. The molecule has 1 heterocycles. The lowest BCUT2D eigenvalue weighted by Crippen LogP contribution is -2.36. The number of hydrogen-bond donors (Lipinski definition) is 2. The van der Waals surface area contributed by atoms with Crippen LogP contribution in [0.5, 0.6) is 0 Å². The molecule has 1 rings (SSSR count). The van der Waals surface area contributed by atoms with Crippen molar-refractivity contribution in [3.8, 4) is 0 Å². The lowest BCUT2D eigenvalue weighted by molar-refractivity contribution is -0.0272. The quantitative estimate of drug-likeness (QED) is 0.629. The Bertz CT molecular complexity index is 141. The summed E-state index contributed by atoms with van der Waals surface area (Å²) in [6.45, 7) is 5.81. The molecule has 0 amide bonds. The summed E-state index contributed by atoms with van der Waals surface area (Å²) < 4.78 is 5.56. The predicted octanol–water partition coefficient (Wildman–Crippen LogP) is 0.914. The standard InChI is InChI=1S/C10H21NO2/c1-3-6-11-7-9(12)10-5-4-8(2)13-10/h8-12H,3-7H2,1-2H3. The Morgan fingerprint density at radius 2 is 2.31 bits per heavy atom. The molecule has 0 bridgehead atoms. The third-order valence-electron chi connectivity index (χ3n) is 2.47. The molecular formula is C10H21NO2. The summed E-state index contributed by atoms with van der Waals surface area (Å²) in [5, 5.41) is 12.9. The van der Waals surface area contributed by atoms with Crippen LogP contribution in [0.4, 0.5) is 0 Å². The lowest BCUT2D eigenvalue weighted by Gasteiger charge is -2.18. The molecule has 0 spiro atoms. The number of ether oxygens (including phenoxy) is 1. The van der Waals surface area contributed by atoms with Crippen LogP contribution in [0.15, 0.2) is 0 Å². The maximum absolute atomic E-state index is 9.71. The number of aliphatic hydroxyl groups is 1. The van der Waals surface area contributed by atoms with Crippen LogP contribution in [0.2, 0.25) is 0 Å². The molecule has 3 heteroatoms. The van der Waals surface area contributed by atoms with Crippen LogP contribution in [0, 0.1) is 0 Å². The molecule has 0 aromatic carbocycles. The van der Waals surface area contributed by atoms with Crippen molar-refractivity contribution in [1.82, 2.24) is 5.32 Å². The van der Waals surface area contributed by atoms with Crippen molar-refractivity contribution in [1.29, 1.82) is 0 Å². The average molecular weight is 187 g/mol. The van der Waals surface area contributed by atoms with Crippen molar-refractivity contribution in [2.45, 2.75) is 51.4 Å². The first-order valence-corrected chi connectivity index (χ1v) is 5.28. The largest absolute Gasteiger partial charge is 0.389 e. The van der Waals surface area contributed by atoms with E-state index in [2.05, 4.69) is 19.2 Å². The van der Waals surface area contributed by atoms with Gasteiger partial charge in [0.2, 0.25) is 0 Å². The van der Waals surface area contributed by atoms with Crippen LogP contribution in [-0.2, 0) is 4.74 Å². The lowest BCUT2D eigenvalue weighted by atomic mass is 10.1. The topological polar surface area (TPSA) is 41.5 Å². The van der Waals surface area contributed by atoms with Gasteiger partial charge in [0.05, 0.1) is 18.3 Å². The van der Waals surface area contributed by atoms with Gasteiger partial charge in [-0.05, 0) is 32.7 Å². The highest BCUT2D eigenvalue weighted by Gasteiger charge is 2.27. The van der Waals surface area contributed by atoms with Gasteiger partial charge in [-0.2, -0.15) is 0 Å². The summed E-state index contributed by atoms with van der Waals surface area (Å²) in [7, 11) is 0. The van der Waals surface area contributed by atoms with Crippen molar-refractivity contribution in [3.63, 3.8) is 0 Å². The van der Waals surface area contributed by atoms with Gasteiger partial charge in [-0.25, -0.2) is 0 Å². The number of nitrogens with one attached hydrogen (secondary N) is 1. The smallest absolute Gasteiger partial charge is 0.0925 e. The first kappa shape index (κ1) is 11.0. The second kappa shape index (κ2) is 5.58. The summed E-state index contributed by atoms with van der Waals surface area (Å²) in [6, 6.07) is 0. The summed E-state index contributed by atoms with van der Waals surface area (Å²) in [4.78, 5) is 0. The van der Waals surface area contributed by atoms with Gasteiger partial charge in [-0.3, -0.25) is 0 Å². The van der Waals surface area contributed by atoms with E-state index in [1.807, 2.05) is 0 Å². The molecule has 78 valence electrons. The van der Waals surface area contributed by atoms with Crippen molar-refractivity contribution in [2.24, 2.45) is 0 Å². The van der Waals surface area contributed by atoms with Crippen molar-refractivity contribution < 1.29 is 9.84 Å². The van der Waals surface area contributed by atoms with Crippen LogP contribution in [-0.4, -0.2) is 36.5 Å². The van der Waals surface area contributed by atoms with Crippen molar-refractivity contribution in [2.75, 3.05) is 13.1 Å². The Morgan fingerprint density at radius 1 is 1.54 bits per heavy atom. The van der Waals surface area contributed by atoms with Gasteiger partial charge in [-0.15, -0.1) is 0 Å². The van der Waals surface area contributed by atoms with E-state index in [1.165, 1.54) is 0 Å². The van der Waals surface area contributed by atoms with Gasteiger partial charge < -0.3 is 15.2 Å². The highest BCUT2D eigenvalue weighted by molar-refractivity contribution is 4.78. The van der Waals surface area contributed by atoms with Crippen LogP contribution in [0.25, 0.3) is 0 Å². The normalized spacial score (nSPS) is 30.7. The highest BCUT2D eigenvalue weighted by atomic mass is 16.5. The molecule has 1 aliphatic heterocycles. The van der Waals surface area contributed by atoms with Crippen LogP contribution >= 0.6 is 0 Å². The van der Waals surface area contributed by atoms with E-state index in [0.717, 1.165) is 25.8 Å². The van der Waals surface area contributed by atoms with E-state index >= 15 is 0 Å². The Hall–Kier alpha value is -0.120. The van der Waals surface area contributed by atoms with E-state index in [-0.39, 0.29) is 12.2 Å². The molecule has 0 radical (unpaired) electrons. The Kier molecular flexibility index (Phi) is 4.70. The molecule has 2 N–H and O–H groups in total. The molecule has 1 saturated heterocycles. The Balaban J connectivity index is 2.12. The fourth-order valence-electron chi connectivity index (χ4n) is 1.67. The fourth-order valence-corrected chi connectivity index (χ4v) is 1.67. The predicted molar refractivity (Wildman–Crippen MR) is 52.7 cm³/mol. The van der Waals surface area contributed by atoms with Crippen molar-refractivity contribution >= 4 is 0 Å². The number of rotatable bonds is 5. The zero-order valence-electron chi connectivity index (χ0n) is 8.62. The molecule has 0 saturated carbocycles. The third kappa shape index (κ3) is 3.63. The molecular weight excluding hydrogens is 166 g/mol. The van der Waals surface area contributed by atoms with E-state index < -0.39 is 0 Å². The van der Waals surface area contributed by atoms with Crippen LogP contribution in [0.3, 0.4) is 0 Å². The van der Waals surface area contributed by atoms with E-state index in [1.54, 1.807) is 0 Å². The zero-order chi connectivity index (χ0) is 9.68. The molecule has 3 unspecified atom stereocenters. The van der Waals surface area contributed by atoms with Gasteiger partial charge in [-0.1, -0.05) is 6.92 Å². The highest BCUT2D eigenvalue weighted by Crippen LogP contribution is 2.21. The van der Waals surface area contributed by atoms with E-state index in [4.69, 9.17) is 4.74 Å². The molecule has 3 atom stereocenters. The molecule has 3 nitrogen and oxygen atoms in total. The SMILES string of the molecule is CCCNCC(O)C1CCC(C)O1. The molecule has 13 heavy (non-hydrogen) atoms. The molecule has 1 aliphatic rings. The van der Waals surface area contributed by atoms with Gasteiger partial charge in [0, 0.05) is 6.54 Å². The van der Waals surface area contributed by atoms with Gasteiger partial charge in [0.15, 0.2) is 0 Å². The Labute approximate surface area is 80.5 Å². The molecule has 1 fully saturated rings. The first-order valence-electron chi connectivity index (χ1n) is 5.28. The molecule has 0 aromatic rings. The van der Waals surface area contributed by atoms with Gasteiger partial charge in [0.1, 0.15) is 0 Å². The summed E-state index contributed by atoms with van der Waals surface area (Å²) in [6.07, 6.45) is 3.22. The van der Waals surface area contributed by atoms with Gasteiger partial charge in [0.25, 0.3) is 0 Å². The number of aliphatic hydroxyl groups excluding tert-OH is 1. The fraction of sp³-hybridized carbons (Fsp3) is 1.00. The maximum Gasteiger partial charge on any atom is 0.0925 e. The third-order valence-corrected chi connectivity index (χ3v) is 2.47. The van der Waals surface area contributed by atoms with E-state index in [9.17, 15) is 5.11 Å². The van der Waals surface area contributed by atoms with Crippen LogP contribution < -0.4 is 5.32 Å². The van der Waals surface area contributed by atoms with E-state index in [0.29, 0.717) is 12.6 Å². The minimum Gasteiger partial charge on any atom is -0.389 e. The van der Waals surface area contributed by atoms with Crippen molar-refractivity contribution in [3.05, 3.63) is 0 Å². The molecule has 0 aliphatic carbocycles. The summed E-state index contributed by atoms with van der Waals surface area (Å²) in [5.41, 5.74) is 0. The molecule has 0 aromatic heterocycles. The average Bonchev–Trinajstić information content (AvgIpc) is 2.52. The minimum absolute atomic E-state index is 0.0550. The second-order valence-corrected chi connectivity index (χ2v) is 3.83. The minimum atomic E-state index is -0.337. The first-order chi connectivity index (χ1) is 6.24. The summed E-state index contributed by atoms with van der Waals surface area (Å²) in [5.74, 6) is 0. The maximum atomic E-state index is 9.71. The van der Waals surface area contributed by atoms with Gasteiger partial charge >= 0.3 is 0 Å². The summed E-state index contributed by atoms with van der Waals surface area (Å²) >= 11 is 0. The number of hydrogen-bond acceptors (Lipinski definition) is 3.